The van der Waals surface area contributed by atoms with E-state index in [4.69, 9.17) is 5.10 Å². The maximum atomic E-state index is 13.1. The third kappa shape index (κ3) is 4.97. The lowest BCUT2D eigenvalue weighted by Crippen LogP contribution is -2.32. The molecule has 0 unspecified atom stereocenters. The maximum absolute atomic E-state index is 13.1. The third-order valence-electron chi connectivity index (χ3n) is 5.80. The van der Waals surface area contributed by atoms with E-state index in [1.54, 1.807) is 18.3 Å². The van der Waals surface area contributed by atoms with Crippen LogP contribution in [0.2, 0.25) is 0 Å². The molecule has 0 saturated carbocycles. The summed E-state index contributed by atoms with van der Waals surface area (Å²) in [6.45, 7) is 3.24. The van der Waals surface area contributed by atoms with Crippen molar-refractivity contribution in [2.75, 3.05) is 6.54 Å². The Morgan fingerprint density at radius 1 is 1.09 bits per heavy atom. The van der Waals surface area contributed by atoms with Crippen LogP contribution in [-0.4, -0.2) is 37.2 Å². The summed E-state index contributed by atoms with van der Waals surface area (Å²) < 4.78 is 1.98. The molecule has 2 aromatic heterocycles. The molecule has 0 radical (unpaired) electrons. The van der Waals surface area contributed by atoms with Gasteiger partial charge in [0.25, 0.3) is 5.91 Å². The lowest BCUT2D eigenvalue weighted by atomic mass is 10.0. The van der Waals surface area contributed by atoms with E-state index in [0.29, 0.717) is 31.9 Å². The first kappa shape index (κ1) is 21.4. The van der Waals surface area contributed by atoms with Crippen LogP contribution >= 0.6 is 11.3 Å². The second-order valence-electron chi connectivity index (χ2n) is 8.16. The molecule has 3 heterocycles. The van der Waals surface area contributed by atoms with Crippen LogP contribution in [0.3, 0.4) is 0 Å². The molecule has 0 bridgehead atoms. The van der Waals surface area contributed by atoms with Crippen molar-refractivity contribution in [2.45, 2.75) is 32.6 Å². The van der Waals surface area contributed by atoms with Gasteiger partial charge in [-0.1, -0.05) is 42.5 Å². The Kier molecular flexibility index (Phi) is 6.19. The van der Waals surface area contributed by atoms with Crippen molar-refractivity contribution >= 4 is 17.2 Å². The molecule has 0 fully saturated rings. The Bertz CT molecular complexity index is 1240. The fourth-order valence-electron chi connectivity index (χ4n) is 4.24. The van der Waals surface area contributed by atoms with Crippen LogP contribution in [0.25, 0.3) is 0 Å². The number of rotatable bonds is 7. The number of hydrogen-bond donors (Lipinski definition) is 2. The molecule has 168 valence electrons. The van der Waals surface area contributed by atoms with Gasteiger partial charge in [0.05, 0.1) is 13.1 Å². The van der Waals surface area contributed by atoms with E-state index in [-0.39, 0.29) is 11.7 Å². The monoisotopic (exact) mass is 459 g/mol. The van der Waals surface area contributed by atoms with E-state index in [9.17, 15) is 9.90 Å². The molecule has 0 atom stereocenters. The van der Waals surface area contributed by atoms with Gasteiger partial charge in [-0.25, -0.2) is 4.98 Å². The number of carbonyl (C=O) groups is 1. The summed E-state index contributed by atoms with van der Waals surface area (Å²) in [5.41, 5.74) is 4.78. The molecule has 4 aromatic rings. The van der Waals surface area contributed by atoms with Crippen molar-refractivity contribution in [3.8, 4) is 5.75 Å². The number of phenols is 1. The maximum Gasteiger partial charge on any atom is 0.272 e. The number of benzene rings is 2. The molecule has 5 rings (SSSR count). The summed E-state index contributed by atoms with van der Waals surface area (Å²) in [6, 6.07) is 17.5. The number of fused-ring (bicyclic) bond motifs is 1. The Hall–Kier alpha value is -3.49. The highest BCUT2D eigenvalue weighted by Gasteiger charge is 2.28. The van der Waals surface area contributed by atoms with Crippen LogP contribution in [-0.2, 0) is 32.6 Å². The van der Waals surface area contributed by atoms with Crippen LogP contribution in [0.15, 0.2) is 66.2 Å². The number of hydrogen-bond acceptors (Lipinski definition) is 6. The van der Waals surface area contributed by atoms with E-state index < -0.39 is 0 Å². The summed E-state index contributed by atoms with van der Waals surface area (Å²) in [5.74, 6) is 0.0931. The molecule has 8 heteroatoms. The summed E-state index contributed by atoms with van der Waals surface area (Å²) in [6.07, 6.45) is 2.55. The molecule has 2 N–H and O–H groups in total. The number of nitrogens with one attached hydrogen (secondary N) is 1. The molecule has 0 spiro atoms. The van der Waals surface area contributed by atoms with Gasteiger partial charge in [0.15, 0.2) is 5.69 Å². The van der Waals surface area contributed by atoms with Crippen LogP contribution in [0.4, 0.5) is 0 Å². The number of carbonyl (C=O) groups excluding carboxylic acids is 1. The highest BCUT2D eigenvalue weighted by Crippen LogP contribution is 2.25. The number of phenolic OH excluding ortho intramolecular Hbond substituents is 1. The third-order valence-corrected chi connectivity index (χ3v) is 6.58. The largest absolute Gasteiger partial charge is 0.508 e. The lowest BCUT2D eigenvalue weighted by molar-refractivity contribution is 0.0942. The van der Waals surface area contributed by atoms with Crippen LogP contribution in [0, 0.1) is 0 Å². The topological polar surface area (TPSA) is 83.3 Å². The highest BCUT2D eigenvalue weighted by molar-refractivity contribution is 7.09. The Morgan fingerprint density at radius 3 is 2.73 bits per heavy atom. The van der Waals surface area contributed by atoms with E-state index >= 15 is 0 Å². The number of thiazole rings is 1. The van der Waals surface area contributed by atoms with E-state index in [1.807, 2.05) is 40.4 Å². The normalized spacial score (nSPS) is 13.6. The minimum Gasteiger partial charge on any atom is -0.508 e. The molecular weight excluding hydrogens is 434 g/mol. The van der Waals surface area contributed by atoms with Gasteiger partial charge in [-0.15, -0.1) is 11.3 Å². The summed E-state index contributed by atoms with van der Waals surface area (Å²) >= 11 is 1.52. The second kappa shape index (κ2) is 9.56. The first-order valence-corrected chi connectivity index (χ1v) is 11.8. The van der Waals surface area contributed by atoms with Crippen molar-refractivity contribution in [1.82, 2.24) is 25.0 Å². The van der Waals surface area contributed by atoms with Crippen molar-refractivity contribution in [1.29, 1.82) is 0 Å². The van der Waals surface area contributed by atoms with Crippen LogP contribution in [0.5, 0.6) is 5.75 Å². The molecular formula is C25H25N5O2S. The standard InChI is InChI=1S/C25H25N5O2S/c31-20-8-4-7-19(13-20)15-29-11-9-22-21(17-29)24(25(32)27-14-23-26-10-12-33-23)28-30(22)16-18-5-2-1-3-6-18/h1-8,10,12-13,31H,9,11,14-17H2,(H,27,32). The molecule has 7 nitrogen and oxygen atoms in total. The van der Waals surface area contributed by atoms with Crippen molar-refractivity contribution < 1.29 is 9.90 Å². The van der Waals surface area contributed by atoms with E-state index in [0.717, 1.165) is 40.4 Å². The minimum atomic E-state index is -0.174. The Morgan fingerprint density at radius 2 is 1.94 bits per heavy atom. The number of amides is 1. The summed E-state index contributed by atoms with van der Waals surface area (Å²) in [4.78, 5) is 19.7. The first-order valence-electron chi connectivity index (χ1n) is 10.9. The van der Waals surface area contributed by atoms with Gasteiger partial charge in [0.2, 0.25) is 0 Å². The molecule has 0 saturated heterocycles. The van der Waals surface area contributed by atoms with Crippen LogP contribution < -0.4 is 5.32 Å². The number of aromatic nitrogens is 3. The number of nitrogens with zero attached hydrogens (tertiary/aromatic N) is 4. The summed E-state index contributed by atoms with van der Waals surface area (Å²) in [7, 11) is 0. The smallest absolute Gasteiger partial charge is 0.272 e. The predicted molar refractivity (Wildman–Crippen MR) is 127 cm³/mol. The van der Waals surface area contributed by atoms with E-state index in [2.05, 4.69) is 27.3 Å². The molecule has 1 aliphatic rings. The zero-order valence-electron chi connectivity index (χ0n) is 18.1. The van der Waals surface area contributed by atoms with Gasteiger partial charge < -0.3 is 10.4 Å². The molecule has 0 aliphatic carbocycles. The van der Waals surface area contributed by atoms with Crippen molar-refractivity contribution in [3.63, 3.8) is 0 Å². The molecule has 2 aromatic carbocycles. The SMILES string of the molecule is O=C(NCc1nccs1)c1nn(Cc2ccccc2)c2c1CN(Cc1cccc(O)c1)CC2. The van der Waals surface area contributed by atoms with Gasteiger partial charge in [0, 0.05) is 48.9 Å². The Labute approximate surface area is 196 Å². The van der Waals surface area contributed by atoms with Crippen LogP contribution in [0.1, 0.15) is 37.9 Å². The second-order valence-corrected chi connectivity index (χ2v) is 9.14. The fourth-order valence-corrected chi connectivity index (χ4v) is 4.80. The van der Waals surface area contributed by atoms with Gasteiger partial charge >= 0.3 is 0 Å². The van der Waals surface area contributed by atoms with Gasteiger partial charge in [-0.05, 0) is 23.3 Å². The van der Waals surface area contributed by atoms with Gasteiger partial charge in [-0.2, -0.15) is 5.10 Å². The highest BCUT2D eigenvalue weighted by atomic mass is 32.1. The van der Waals surface area contributed by atoms with Crippen molar-refractivity contribution in [3.05, 3.63) is 99.3 Å². The lowest BCUT2D eigenvalue weighted by Gasteiger charge is -2.27. The fraction of sp³-hybridized carbons (Fsp3) is 0.240. The molecule has 1 amide bonds. The average Bonchev–Trinajstić information content (AvgIpc) is 3.46. The predicted octanol–water partition coefficient (Wildman–Crippen LogP) is 3.58. The molecule has 33 heavy (non-hydrogen) atoms. The Balaban J connectivity index is 1.40. The zero-order chi connectivity index (χ0) is 22.6. The zero-order valence-corrected chi connectivity index (χ0v) is 19.0. The van der Waals surface area contributed by atoms with Gasteiger partial charge in [-0.3, -0.25) is 14.4 Å². The summed E-state index contributed by atoms with van der Waals surface area (Å²) in [5, 5.41) is 20.3. The van der Waals surface area contributed by atoms with E-state index in [1.165, 1.54) is 11.3 Å². The quantitative estimate of drug-likeness (QED) is 0.441. The number of aromatic hydroxyl groups is 1. The first-order chi connectivity index (χ1) is 16.2. The molecule has 1 aliphatic heterocycles. The van der Waals surface area contributed by atoms with Gasteiger partial charge in [0.1, 0.15) is 10.8 Å². The average molecular weight is 460 g/mol. The minimum absolute atomic E-state index is 0.174. The van der Waals surface area contributed by atoms with Crippen molar-refractivity contribution in [2.24, 2.45) is 0 Å².